The molecule has 0 saturated heterocycles. The number of furan rings is 1. The van der Waals surface area contributed by atoms with E-state index in [9.17, 15) is 14.4 Å². The summed E-state index contributed by atoms with van der Waals surface area (Å²) in [5.41, 5.74) is 6.71. The van der Waals surface area contributed by atoms with E-state index in [-0.39, 0.29) is 18.1 Å². The number of alkyl carbamates (subject to hydrolysis) is 1. The minimum atomic E-state index is -0.788. The van der Waals surface area contributed by atoms with Crippen LogP contribution in [0.1, 0.15) is 47.2 Å². The first-order chi connectivity index (χ1) is 14.5. The lowest BCUT2D eigenvalue weighted by Gasteiger charge is -2.19. The maximum Gasteiger partial charge on any atom is 0.407 e. The lowest BCUT2D eigenvalue weighted by atomic mass is 10.1. The number of benzene rings is 2. The van der Waals surface area contributed by atoms with E-state index in [1.54, 1.807) is 42.5 Å². The molecule has 3 aromatic rings. The minimum Gasteiger partial charge on any atom is -0.449 e. The van der Waals surface area contributed by atoms with Crippen LogP contribution in [0.25, 0.3) is 11.0 Å². The highest BCUT2D eigenvalue weighted by Crippen LogP contribution is 2.33. The van der Waals surface area contributed by atoms with Gasteiger partial charge in [0, 0.05) is 21.0 Å². The van der Waals surface area contributed by atoms with Crippen molar-refractivity contribution < 1.29 is 23.5 Å². The number of anilines is 1. The molecule has 0 radical (unpaired) electrons. The van der Waals surface area contributed by atoms with Gasteiger partial charge in [0.05, 0.1) is 0 Å². The van der Waals surface area contributed by atoms with Crippen molar-refractivity contribution in [1.29, 1.82) is 0 Å². The fourth-order valence-electron chi connectivity index (χ4n) is 2.80. The van der Waals surface area contributed by atoms with Gasteiger partial charge in [0.25, 0.3) is 11.8 Å². The highest BCUT2D eigenvalue weighted by molar-refractivity contribution is 9.10. The molecule has 9 heteroatoms. The average Bonchev–Trinajstić information content (AvgIpc) is 3.03. The average molecular weight is 488 g/mol. The minimum absolute atomic E-state index is 0.0655. The molecule has 1 heterocycles. The topological polar surface area (TPSA) is 124 Å². The van der Waals surface area contributed by atoms with Crippen LogP contribution < -0.4 is 16.4 Å². The van der Waals surface area contributed by atoms with Crippen molar-refractivity contribution in [2.24, 2.45) is 5.73 Å². The SMILES string of the molecule is CC(C)(C)NC(=O)OCc1ccc(C(=O)Nc2c(C(N)=O)oc3ccc(Br)cc23)cc1. The third-order valence-corrected chi connectivity index (χ3v) is 4.67. The molecule has 0 aliphatic heterocycles. The van der Waals surface area contributed by atoms with Gasteiger partial charge in [0.1, 0.15) is 17.9 Å². The second-order valence-corrected chi connectivity index (χ2v) is 8.83. The Hall–Kier alpha value is -3.33. The van der Waals surface area contributed by atoms with Crippen molar-refractivity contribution in [3.63, 3.8) is 0 Å². The van der Waals surface area contributed by atoms with Crippen LogP contribution in [0.15, 0.2) is 51.4 Å². The van der Waals surface area contributed by atoms with Gasteiger partial charge in [-0.15, -0.1) is 0 Å². The van der Waals surface area contributed by atoms with E-state index in [1.165, 1.54) is 0 Å². The standard InChI is InChI=1S/C22H22BrN3O5/c1-22(2,3)26-21(29)30-11-12-4-6-13(7-5-12)20(28)25-17-15-10-14(23)8-9-16(15)31-18(17)19(24)27/h4-10H,11H2,1-3H3,(H2,24,27)(H,25,28)(H,26,29). The molecule has 2 aromatic carbocycles. The summed E-state index contributed by atoms with van der Waals surface area (Å²) in [4.78, 5) is 36.3. The number of carbonyl (C=O) groups excluding carboxylic acids is 3. The number of nitrogens with one attached hydrogen (secondary N) is 2. The van der Waals surface area contributed by atoms with E-state index in [0.717, 1.165) is 10.0 Å². The van der Waals surface area contributed by atoms with Crippen molar-refractivity contribution in [3.8, 4) is 0 Å². The van der Waals surface area contributed by atoms with Gasteiger partial charge < -0.3 is 25.5 Å². The molecular weight excluding hydrogens is 466 g/mol. The summed E-state index contributed by atoms with van der Waals surface area (Å²) in [7, 11) is 0. The molecule has 0 bridgehead atoms. The Labute approximate surface area is 187 Å². The van der Waals surface area contributed by atoms with Crippen LogP contribution in [0, 0.1) is 0 Å². The molecule has 3 rings (SSSR count). The van der Waals surface area contributed by atoms with Gasteiger partial charge in [-0.1, -0.05) is 28.1 Å². The zero-order valence-electron chi connectivity index (χ0n) is 17.2. The smallest absolute Gasteiger partial charge is 0.407 e. The zero-order valence-corrected chi connectivity index (χ0v) is 18.8. The second-order valence-electron chi connectivity index (χ2n) is 7.91. The molecule has 0 unspecified atom stereocenters. The number of carbonyl (C=O) groups is 3. The Balaban J connectivity index is 1.73. The highest BCUT2D eigenvalue weighted by atomic mass is 79.9. The summed E-state index contributed by atoms with van der Waals surface area (Å²) in [6, 6.07) is 11.7. The predicted molar refractivity (Wildman–Crippen MR) is 120 cm³/mol. The van der Waals surface area contributed by atoms with Crippen LogP contribution >= 0.6 is 15.9 Å². The van der Waals surface area contributed by atoms with Crippen LogP contribution in [0.5, 0.6) is 0 Å². The Bertz CT molecular complexity index is 1150. The largest absolute Gasteiger partial charge is 0.449 e. The molecule has 3 amide bonds. The second kappa shape index (κ2) is 8.81. The van der Waals surface area contributed by atoms with E-state index in [1.807, 2.05) is 20.8 Å². The third kappa shape index (κ3) is 5.64. The summed E-state index contributed by atoms with van der Waals surface area (Å²) in [5, 5.41) is 5.95. The summed E-state index contributed by atoms with van der Waals surface area (Å²) in [6.45, 7) is 5.63. The maximum absolute atomic E-state index is 12.7. The third-order valence-electron chi connectivity index (χ3n) is 4.18. The van der Waals surface area contributed by atoms with E-state index in [2.05, 4.69) is 26.6 Å². The number of primary amides is 1. The molecule has 0 fully saturated rings. The quantitative estimate of drug-likeness (QED) is 0.486. The van der Waals surface area contributed by atoms with Crippen LogP contribution in [-0.4, -0.2) is 23.4 Å². The monoisotopic (exact) mass is 487 g/mol. The number of fused-ring (bicyclic) bond motifs is 1. The van der Waals surface area contributed by atoms with Crippen molar-refractivity contribution in [2.45, 2.75) is 32.9 Å². The molecule has 0 atom stereocenters. The van der Waals surface area contributed by atoms with Crippen molar-refractivity contribution in [3.05, 3.63) is 63.8 Å². The summed E-state index contributed by atoms with van der Waals surface area (Å²) in [5.74, 6) is -1.36. The first kappa shape index (κ1) is 22.4. The maximum atomic E-state index is 12.7. The number of amides is 3. The number of halogens is 1. The van der Waals surface area contributed by atoms with Crippen LogP contribution in [-0.2, 0) is 11.3 Å². The van der Waals surface area contributed by atoms with Gasteiger partial charge in [0.15, 0.2) is 0 Å². The van der Waals surface area contributed by atoms with Crippen LogP contribution in [0.4, 0.5) is 10.5 Å². The summed E-state index contributed by atoms with van der Waals surface area (Å²) in [6.07, 6.45) is -0.522. The highest BCUT2D eigenvalue weighted by Gasteiger charge is 2.21. The van der Waals surface area contributed by atoms with E-state index in [0.29, 0.717) is 16.5 Å². The molecule has 0 aliphatic carbocycles. The van der Waals surface area contributed by atoms with E-state index >= 15 is 0 Å². The van der Waals surface area contributed by atoms with Crippen LogP contribution in [0.2, 0.25) is 0 Å². The normalized spacial score (nSPS) is 11.2. The molecular formula is C22H22BrN3O5. The van der Waals surface area contributed by atoms with Gasteiger partial charge in [-0.2, -0.15) is 0 Å². The zero-order chi connectivity index (χ0) is 22.8. The Kier molecular flexibility index (Phi) is 6.35. The number of rotatable bonds is 5. The molecule has 162 valence electrons. The molecule has 31 heavy (non-hydrogen) atoms. The number of ether oxygens (including phenoxy) is 1. The number of hydrogen-bond donors (Lipinski definition) is 3. The Morgan fingerprint density at radius 2 is 1.77 bits per heavy atom. The van der Waals surface area contributed by atoms with Gasteiger partial charge in [0.2, 0.25) is 5.76 Å². The van der Waals surface area contributed by atoms with Crippen LogP contribution in [0.3, 0.4) is 0 Å². The lowest BCUT2D eigenvalue weighted by Crippen LogP contribution is -2.40. The summed E-state index contributed by atoms with van der Waals surface area (Å²) >= 11 is 3.36. The number of nitrogens with two attached hydrogens (primary N) is 1. The molecule has 4 N–H and O–H groups in total. The Morgan fingerprint density at radius 1 is 1.10 bits per heavy atom. The van der Waals surface area contributed by atoms with Crippen molar-refractivity contribution in [2.75, 3.05) is 5.32 Å². The van der Waals surface area contributed by atoms with Gasteiger partial charge in [-0.25, -0.2) is 4.79 Å². The van der Waals surface area contributed by atoms with E-state index < -0.39 is 23.4 Å². The summed E-state index contributed by atoms with van der Waals surface area (Å²) < 4.78 is 11.4. The van der Waals surface area contributed by atoms with E-state index in [4.69, 9.17) is 14.9 Å². The van der Waals surface area contributed by atoms with Gasteiger partial charge in [-0.05, 0) is 56.7 Å². The molecule has 0 aliphatic rings. The van der Waals surface area contributed by atoms with Gasteiger partial charge in [-0.3, -0.25) is 9.59 Å². The molecule has 8 nitrogen and oxygen atoms in total. The predicted octanol–water partition coefficient (Wildman–Crippen LogP) is 4.57. The first-order valence-corrected chi connectivity index (χ1v) is 10.2. The fraction of sp³-hybridized carbons (Fsp3) is 0.227. The first-order valence-electron chi connectivity index (χ1n) is 9.40. The molecule has 0 saturated carbocycles. The molecule has 0 spiro atoms. The van der Waals surface area contributed by atoms with Crippen molar-refractivity contribution in [1.82, 2.24) is 5.32 Å². The Morgan fingerprint density at radius 3 is 2.39 bits per heavy atom. The number of hydrogen-bond acceptors (Lipinski definition) is 5. The fourth-order valence-corrected chi connectivity index (χ4v) is 3.16. The van der Waals surface area contributed by atoms with Crippen molar-refractivity contribution >= 4 is 50.5 Å². The lowest BCUT2D eigenvalue weighted by molar-refractivity contribution is 0.0977. The molecule has 1 aromatic heterocycles. The van der Waals surface area contributed by atoms with Gasteiger partial charge >= 0.3 is 6.09 Å².